The fourth-order valence-electron chi connectivity index (χ4n) is 9.73. The van der Waals surface area contributed by atoms with Gasteiger partial charge in [0.25, 0.3) is 0 Å². The molecule has 4 aliphatic carbocycles. The second-order valence-corrected chi connectivity index (χ2v) is 13.2. The van der Waals surface area contributed by atoms with E-state index in [2.05, 4.69) is 27.7 Å². The zero-order chi connectivity index (χ0) is 24.0. The molecule has 0 radical (unpaired) electrons. The molecule has 5 heteroatoms. The average molecular weight is 471 g/mol. The van der Waals surface area contributed by atoms with Crippen molar-refractivity contribution in [1.29, 1.82) is 0 Å². The first-order chi connectivity index (χ1) is 16.1. The first kappa shape index (κ1) is 23.2. The van der Waals surface area contributed by atoms with Crippen LogP contribution in [0.1, 0.15) is 86.0 Å². The van der Waals surface area contributed by atoms with Gasteiger partial charge in [0, 0.05) is 31.6 Å². The molecular formula is C29H42O5. The predicted octanol–water partition coefficient (Wildman–Crippen LogP) is 5.46. The first-order valence-electron chi connectivity index (χ1n) is 13.8. The van der Waals surface area contributed by atoms with E-state index in [-0.39, 0.29) is 34.9 Å². The van der Waals surface area contributed by atoms with E-state index in [4.69, 9.17) is 14.2 Å². The highest BCUT2D eigenvalue weighted by Crippen LogP contribution is 2.70. The van der Waals surface area contributed by atoms with Gasteiger partial charge in [0.2, 0.25) is 0 Å². The van der Waals surface area contributed by atoms with E-state index in [9.17, 15) is 9.59 Å². The Hall–Kier alpha value is -1.20. The van der Waals surface area contributed by atoms with Gasteiger partial charge >= 0.3 is 5.97 Å². The molecule has 0 aromatic heterocycles. The van der Waals surface area contributed by atoms with Crippen LogP contribution < -0.4 is 0 Å². The zero-order valence-corrected chi connectivity index (χ0v) is 21.6. The number of fused-ring (bicyclic) bond motifs is 7. The lowest BCUT2D eigenvalue weighted by Crippen LogP contribution is -2.55. The lowest BCUT2D eigenvalue weighted by Gasteiger charge is -2.57. The van der Waals surface area contributed by atoms with Crippen LogP contribution in [0.3, 0.4) is 0 Å². The molecule has 188 valence electrons. The molecule has 0 N–H and O–H groups in total. The van der Waals surface area contributed by atoms with E-state index in [1.807, 2.05) is 6.08 Å². The molecule has 0 unspecified atom stereocenters. The Morgan fingerprint density at radius 1 is 1.09 bits per heavy atom. The predicted molar refractivity (Wildman–Crippen MR) is 128 cm³/mol. The van der Waals surface area contributed by atoms with Gasteiger partial charge in [0.1, 0.15) is 6.10 Å². The smallest absolute Gasteiger partial charge is 0.302 e. The molecular weight excluding hydrogens is 428 g/mol. The Morgan fingerprint density at radius 3 is 2.59 bits per heavy atom. The minimum absolute atomic E-state index is 0.0462. The lowest BCUT2D eigenvalue weighted by molar-refractivity contribution is -0.272. The molecule has 6 aliphatic rings. The number of carbonyl (C=O) groups excluding carboxylic acids is 2. The summed E-state index contributed by atoms with van der Waals surface area (Å²) in [6, 6.07) is 0. The molecule has 0 aromatic carbocycles. The van der Waals surface area contributed by atoms with Crippen LogP contribution in [-0.4, -0.2) is 36.4 Å². The van der Waals surface area contributed by atoms with Crippen molar-refractivity contribution in [3.8, 4) is 0 Å². The van der Waals surface area contributed by atoms with Gasteiger partial charge in [-0.05, 0) is 79.1 Å². The quantitative estimate of drug-likeness (QED) is 0.476. The standard InChI is InChI=1S/C29H42O5/c1-16-6-11-29(32-15-16)17(2)26-24(34-29)14-22-25-21(8-10-28(22,26)5)27(4)9-7-20(33-18(3)30)12-19(27)13-23(25)31/h13,16-17,20-22,24-26H,6-12,14-15H2,1-5H3/t16-,17-,20-,21-,22-,24-,25+,26-,27-,28-,29+/m0/s1. The molecule has 6 rings (SSSR count). The summed E-state index contributed by atoms with van der Waals surface area (Å²) in [7, 11) is 0. The Kier molecular flexibility index (Phi) is 5.22. The van der Waals surface area contributed by atoms with Crippen LogP contribution in [0.2, 0.25) is 0 Å². The molecule has 5 nitrogen and oxygen atoms in total. The molecule has 3 saturated carbocycles. The number of ketones is 1. The van der Waals surface area contributed by atoms with Crippen molar-refractivity contribution in [3.05, 3.63) is 11.6 Å². The van der Waals surface area contributed by atoms with Crippen LogP contribution in [0.5, 0.6) is 0 Å². The van der Waals surface area contributed by atoms with Gasteiger partial charge in [-0.2, -0.15) is 0 Å². The van der Waals surface area contributed by atoms with Crippen LogP contribution in [0, 0.1) is 46.3 Å². The summed E-state index contributed by atoms with van der Waals surface area (Å²) in [6.45, 7) is 11.8. The summed E-state index contributed by atoms with van der Waals surface area (Å²) in [5.41, 5.74) is 1.41. The normalized spacial score (nSPS) is 54.0. The zero-order valence-electron chi connectivity index (χ0n) is 21.6. The van der Waals surface area contributed by atoms with Crippen molar-refractivity contribution in [1.82, 2.24) is 0 Å². The highest BCUT2D eigenvalue weighted by atomic mass is 16.7. The van der Waals surface area contributed by atoms with Crippen molar-refractivity contribution in [2.24, 2.45) is 46.3 Å². The van der Waals surface area contributed by atoms with Crippen LogP contribution >= 0.6 is 0 Å². The van der Waals surface area contributed by atoms with Gasteiger partial charge in [-0.1, -0.05) is 33.3 Å². The summed E-state index contributed by atoms with van der Waals surface area (Å²) in [4.78, 5) is 25.2. The third-order valence-corrected chi connectivity index (χ3v) is 11.5. The van der Waals surface area contributed by atoms with E-state index >= 15 is 0 Å². The minimum atomic E-state index is -0.405. The van der Waals surface area contributed by atoms with Gasteiger partial charge in [-0.3, -0.25) is 9.59 Å². The SMILES string of the molecule is CC(=O)O[C@H]1CC[C@@]2(C)C(=CC(=O)[C@H]3[C@@H]4C[C@@H]5O[C@]6(CC[C@H](C)CO6)[C@@H](C)[C@@H]5[C@@]4(C)CC[C@@H]32)C1. The van der Waals surface area contributed by atoms with Crippen molar-refractivity contribution < 1.29 is 23.8 Å². The van der Waals surface area contributed by atoms with Crippen LogP contribution in [0.25, 0.3) is 0 Å². The summed E-state index contributed by atoms with van der Waals surface area (Å²) in [6.07, 6.45) is 10.2. The van der Waals surface area contributed by atoms with E-state index < -0.39 is 5.79 Å². The molecule has 2 heterocycles. The Balaban J connectivity index is 1.27. The monoisotopic (exact) mass is 470 g/mol. The maximum absolute atomic E-state index is 13.7. The minimum Gasteiger partial charge on any atom is -0.462 e. The van der Waals surface area contributed by atoms with Crippen molar-refractivity contribution >= 4 is 11.8 Å². The van der Waals surface area contributed by atoms with E-state index in [1.165, 1.54) is 25.3 Å². The van der Waals surface area contributed by atoms with Crippen molar-refractivity contribution in [2.75, 3.05) is 6.61 Å². The van der Waals surface area contributed by atoms with Crippen LogP contribution in [0.15, 0.2) is 11.6 Å². The highest BCUT2D eigenvalue weighted by Gasteiger charge is 2.69. The largest absolute Gasteiger partial charge is 0.462 e. The summed E-state index contributed by atoms with van der Waals surface area (Å²) in [5, 5.41) is 0. The van der Waals surface area contributed by atoms with Crippen LogP contribution in [-0.2, 0) is 23.8 Å². The molecule has 0 bridgehead atoms. The summed E-state index contributed by atoms with van der Waals surface area (Å²) < 4.78 is 18.8. The molecule has 0 amide bonds. The number of allylic oxidation sites excluding steroid dienone is 1. The number of hydrogen-bond acceptors (Lipinski definition) is 5. The van der Waals surface area contributed by atoms with Crippen molar-refractivity contribution in [2.45, 2.75) is 104 Å². The second-order valence-electron chi connectivity index (χ2n) is 13.2. The van der Waals surface area contributed by atoms with Gasteiger partial charge in [-0.15, -0.1) is 0 Å². The molecule has 34 heavy (non-hydrogen) atoms. The third kappa shape index (κ3) is 3.11. The third-order valence-electron chi connectivity index (χ3n) is 11.5. The van der Waals surface area contributed by atoms with Gasteiger partial charge in [0.15, 0.2) is 11.6 Å². The maximum atomic E-state index is 13.7. The van der Waals surface area contributed by atoms with Crippen molar-refractivity contribution in [3.63, 3.8) is 0 Å². The Morgan fingerprint density at radius 2 is 1.88 bits per heavy atom. The number of carbonyl (C=O) groups is 2. The fraction of sp³-hybridized carbons (Fsp3) is 0.862. The first-order valence-corrected chi connectivity index (χ1v) is 13.8. The van der Waals surface area contributed by atoms with E-state index in [0.717, 1.165) is 45.1 Å². The molecule has 2 saturated heterocycles. The lowest BCUT2D eigenvalue weighted by atomic mass is 9.46. The summed E-state index contributed by atoms with van der Waals surface area (Å²) >= 11 is 0. The fourth-order valence-corrected chi connectivity index (χ4v) is 9.73. The molecule has 0 aromatic rings. The van der Waals surface area contributed by atoms with Gasteiger partial charge in [0.05, 0.1) is 12.7 Å². The Bertz CT molecular complexity index is 915. The summed E-state index contributed by atoms with van der Waals surface area (Å²) in [5.74, 6) is 2.03. The number of ether oxygens (including phenoxy) is 3. The number of hydrogen-bond donors (Lipinski definition) is 0. The molecule has 5 fully saturated rings. The second kappa shape index (κ2) is 7.65. The molecule has 11 atom stereocenters. The average Bonchev–Trinajstić information content (AvgIpc) is 3.21. The topological polar surface area (TPSA) is 61.8 Å². The highest BCUT2D eigenvalue weighted by molar-refractivity contribution is 5.94. The number of rotatable bonds is 1. The molecule has 2 aliphatic heterocycles. The van der Waals surface area contributed by atoms with E-state index in [0.29, 0.717) is 35.4 Å². The number of esters is 1. The maximum Gasteiger partial charge on any atom is 0.302 e. The van der Waals surface area contributed by atoms with Gasteiger partial charge < -0.3 is 14.2 Å². The Labute approximate surface area is 204 Å². The van der Waals surface area contributed by atoms with Gasteiger partial charge in [-0.25, -0.2) is 0 Å². The van der Waals surface area contributed by atoms with E-state index in [1.54, 1.807) is 0 Å². The van der Waals surface area contributed by atoms with Crippen LogP contribution in [0.4, 0.5) is 0 Å². The molecule has 1 spiro atoms.